The maximum atomic E-state index is 12.9. The van der Waals surface area contributed by atoms with Crippen molar-refractivity contribution >= 4 is 11.9 Å². The summed E-state index contributed by atoms with van der Waals surface area (Å²) in [4.78, 5) is 25.5. The van der Waals surface area contributed by atoms with Crippen molar-refractivity contribution in [1.29, 1.82) is 0 Å². The standard InChI is InChI=1S/C63H110O5/c1-4-7-10-13-16-19-22-25-28-30-32-34-36-38-41-44-47-50-53-56-62(64)67-60-61(59-66-58-55-52-49-46-43-40-27-24-21-18-15-12-9-6-3)68-63(65)57-54-51-48-45-42-39-37-35-33-31-29-26-23-20-17-14-11-8-5-2/h9,12,16,18-19,21,25,27-28,32,34,40,46,49,61H,4-8,10-11,13-15,17,20,22-24,26,29-31,33,35-39,41-45,47-48,50-60H2,1-3H3/b12-9-,19-16-,21-18-,28-25-,34-32-,40-27-,49-46-. The Kier molecular flexibility index (Phi) is 55.9. The molecule has 0 fully saturated rings. The second-order valence-corrected chi connectivity index (χ2v) is 19.2. The molecule has 0 aliphatic heterocycles. The SMILES string of the molecule is CC/C=C\C/C=C\C/C=C\C/C=C\CCCOCC(COC(=O)CCCCCCCC/C=C\C/C=C\C/C=C\CCCCC)OC(=O)CCCCCCCCCCCCCCCCCCCCC. The van der Waals surface area contributed by atoms with Crippen LogP contribution < -0.4 is 0 Å². The molecule has 0 spiro atoms. The highest BCUT2D eigenvalue weighted by atomic mass is 16.6. The smallest absolute Gasteiger partial charge is 0.306 e. The molecule has 0 radical (unpaired) electrons. The van der Waals surface area contributed by atoms with Gasteiger partial charge in [-0.1, -0.05) is 260 Å². The summed E-state index contributed by atoms with van der Waals surface area (Å²) >= 11 is 0. The van der Waals surface area contributed by atoms with Crippen LogP contribution >= 0.6 is 0 Å². The van der Waals surface area contributed by atoms with Gasteiger partial charge in [-0.05, 0) is 89.9 Å². The minimum atomic E-state index is -0.573. The Bertz CT molecular complexity index is 1250. The molecule has 0 saturated heterocycles. The monoisotopic (exact) mass is 947 g/mol. The van der Waals surface area contributed by atoms with Gasteiger partial charge >= 0.3 is 11.9 Å². The molecule has 392 valence electrons. The zero-order chi connectivity index (χ0) is 49.2. The van der Waals surface area contributed by atoms with E-state index in [2.05, 4.69) is 106 Å². The second kappa shape index (κ2) is 58.4. The molecule has 5 heteroatoms. The average Bonchev–Trinajstić information content (AvgIpc) is 3.34. The van der Waals surface area contributed by atoms with E-state index in [1.165, 1.54) is 154 Å². The van der Waals surface area contributed by atoms with Gasteiger partial charge in [-0.25, -0.2) is 0 Å². The molecule has 0 aromatic heterocycles. The highest BCUT2D eigenvalue weighted by Gasteiger charge is 2.17. The van der Waals surface area contributed by atoms with Gasteiger partial charge in [-0.3, -0.25) is 9.59 Å². The number of carbonyl (C=O) groups excluding carboxylic acids is 2. The molecule has 0 aliphatic carbocycles. The third-order valence-electron chi connectivity index (χ3n) is 12.4. The van der Waals surface area contributed by atoms with Gasteiger partial charge < -0.3 is 14.2 Å². The highest BCUT2D eigenvalue weighted by Crippen LogP contribution is 2.16. The second-order valence-electron chi connectivity index (χ2n) is 19.2. The van der Waals surface area contributed by atoms with Gasteiger partial charge in [0.1, 0.15) is 6.61 Å². The molecule has 1 unspecified atom stereocenters. The first kappa shape index (κ1) is 65.1. The van der Waals surface area contributed by atoms with Crippen molar-refractivity contribution in [3.05, 3.63) is 85.1 Å². The van der Waals surface area contributed by atoms with Gasteiger partial charge in [0.15, 0.2) is 6.10 Å². The fourth-order valence-electron chi connectivity index (χ4n) is 8.11. The topological polar surface area (TPSA) is 61.8 Å². The van der Waals surface area contributed by atoms with E-state index in [0.717, 1.165) is 89.9 Å². The molecule has 0 amide bonds. The summed E-state index contributed by atoms with van der Waals surface area (Å²) in [6.45, 7) is 7.57. The lowest BCUT2D eigenvalue weighted by atomic mass is 10.0. The van der Waals surface area contributed by atoms with Crippen LogP contribution in [0.5, 0.6) is 0 Å². The van der Waals surface area contributed by atoms with Crippen molar-refractivity contribution in [2.24, 2.45) is 0 Å². The van der Waals surface area contributed by atoms with Crippen molar-refractivity contribution in [3.8, 4) is 0 Å². The number of allylic oxidation sites excluding steroid dienone is 14. The summed E-state index contributed by atoms with van der Waals surface area (Å²) in [6.07, 6.45) is 77.6. The summed E-state index contributed by atoms with van der Waals surface area (Å²) in [5.74, 6) is -0.434. The Hall–Kier alpha value is -2.92. The van der Waals surface area contributed by atoms with Gasteiger partial charge in [-0.2, -0.15) is 0 Å². The van der Waals surface area contributed by atoms with Crippen LogP contribution in [0.15, 0.2) is 85.1 Å². The van der Waals surface area contributed by atoms with E-state index < -0.39 is 6.10 Å². The van der Waals surface area contributed by atoms with Crippen molar-refractivity contribution in [1.82, 2.24) is 0 Å². The number of hydrogen-bond acceptors (Lipinski definition) is 5. The van der Waals surface area contributed by atoms with E-state index in [0.29, 0.717) is 19.4 Å². The largest absolute Gasteiger partial charge is 0.462 e. The first-order valence-corrected chi connectivity index (χ1v) is 29.1. The number of ether oxygens (including phenoxy) is 3. The first-order chi connectivity index (χ1) is 33.6. The van der Waals surface area contributed by atoms with Crippen molar-refractivity contribution in [2.75, 3.05) is 19.8 Å². The molecule has 0 N–H and O–H groups in total. The molecule has 0 rings (SSSR count). The summed E-state index contributed by atoms with van der Waals surface area (Å²) in [7, 11) is 0. The van der Waals surface area contributed by atoms with Crippen molar-refractivity contribution in [2.45, 2.75) is 284 Å². The van der Waals surface area contributed by atoms with Crippen LogP contribution in [-0.4, -0.2) is 37.9 Å². The number of rotatable bonds is 53. The normalized spacial score (nSPS) is 12.8. The lowest BCUT2D eigenvalue weighted by Crippen LogP contribution is -2.30. The maximum Gasteiger partial charge on any atom is 0.306 e. The average molecular weight is 948 g/mol. The number of hydrogen-bond donors (Lipinski definition) is 0. The van der Waals surface area contributed by atoms with E-state index >= 15 is 0 Å². The lowest BCUT2D eigenvalue weighted by Gasteiger charge is -2.18. The van der Waals surface area contributed by atoms with E-state index in [1.807, 2.05) is 0 Å². The molecular formula is C63H110O5. The minimum Gasteiger partial charge on any atom is -0.462 e. The summed E-state index contributed by atoms with van der Waals surface area (Å²) < 4.78 is 17.4. The van der Waals surface area contributed by atoms with Gasteiger partial charge in [-0.15, -0.1) is 0 Å². The van der Waals surface area contributed by atoms with E-state index in [9.17, 15) is 9.59 Å². The van der Waals surface area contributed by atoms with E-state index in [4.69, 9.17) is 14.2 Å². The zero-order valence-corrected chi connectivity index (χ0v) is 45.1. The predicted molar refractivity (Wildman–Crippen MR) is 297 cm³/mol. The van der Waals surface area contributed by atoms with Crippen LogP contribution in [0.25, 0.3) is 0 Å². The molecule has 0 aromatic rings. The van der Waals surface area contributed by atoms with E-state index in [1.54, 1.807) is 0 Å². The quantitative estimate of drug-likeness (QED) is 0.0345. The summed E-state index contributed by atoms with van der Waals surface area (Å²) in [5, 5.41) is 0. The molecule has 5 nitrogen and oxygen atoms in total. The third kappa shape index (κ3) is 55.7. The number of esters is 2. The Balaban J connectivity index is 4.32. The molecule has 0 aromatic carbocycles. The van der Waals surface area contributed by atoms with Crippen LogP contribution in [0.4, 0.5) is 0 Å². The Morgan fingerprint density at radius 1 is 0.338 bits per heavy atom. The highest BCUT2D eigenvalue weighted by molar-refractivity contribution is 5.70. The van der Waals surface area contributed by atoms with Gasteiger partial charge in [0.25, 0.3) is 0 Å². The molecule has 0 saturated carbocycles. The predicted octanol–water partition coefficient (Wildman–Crippen LogP) is 20.0. The fraction of sp³-hybridized carbons (Fsp3) is 0.746. The Morgan fingerprint density at radius 2 is 0.662 bits per heavy atom. The minimum absolute atomic E-state index is 0.0557. The molecule has 0 aliphatic rings. The lowest BCUT2D eigenvalue weighted by molar-refractivity contribution is -0.163. The van der Waals surface area contributed by atoms with Gasteiger partial charge in [0, 0.05) is 19.4 Å². The maximum absolute atomic E-state index is 12.9. The molecule has 1 atom stereocenters. The Morgan fingerprint density at radius 3 is 1.09 bits per heavy atom. The molecule has 68 heavy (non-hydrogen) atoms. The molecule has 0 heterocycles. The Labute approximate surface area is 422 Å². The third-order valence-corrected chi connectivity index (χ3v) is 12.4. The zero-order valence-electron chi connectivity index (χ0n) is 45.1. The summed E-state index contributed by atoms with van der Waals surface area (Å²) in [5.41, 5.74) is 0. The fourth-order valence-corrected chi connectivity index (χ4v) is 8.11. The summed E-state index contributed by atoms with van der Waals surface area (Å²) in [6, 6.07) is 0. The molecule has 0 bridgehead atoms. The van der Waals surface area contributed by atoms with Crippen molar-refractivity contribution in [3.63, 3.8) is 0 Å². The van der Waals surface area contributed by atoms with Crippen LogP contribution in [-0.2, 0) is 23.8 Å². The van der Waals surface area contributed by atoms with Crippen LogP contribution in [0.2, 0.25) is 0 Å². The molecular weight excluding hydrogens is 837 g/mol. The van der Waals surface area contributed by atoms with E-state index in [-0.39, 0.29) is 25.2 Å². The van der Waals surface area contributed by atoms with Crippen LogP contribution in [0.3, 0.4) is 0 Å². The van der Waals surface area contributed by atoms with Gasteiger partial charge in [0.05, 0.1) is 6.61 Å². The first-order valence-electron chi connectivity index (χ1n) is 29.1. The van der Waals surface area contributed by atoms with Crippen molar-refractivity contribution < 1.29 is 23.8 Å². The number of carbonyl (C=O) groups is 2. The van der Waals surface area contributed by atoms with Crippen LogP contribution in [0.1, 0.15) is 278 Å². The van der Waals surface area contributed by atoms with Gasteiger partial charge in [0.2, 0.25) is 0 Å². The van der Waals surface area contributed by atoms with Crippen LogP contribution in [0, 0.1) is 0 Å². The number of unbranched alkanes of at least 4 members (excludes halogenated alkanes) is 28.